The van der Waals surface area contributed by atoms with E-state index in [1.807, 2.05) is 26.8 Å². The number of carbonyl (C=O) groups excluding carboxylic acids is 1. The van der Waals surface area contributed by atoms with E-state index in [9.17, 15) is 4.79 Å². The van der Waals surface area contributed by atoms with Crippen molar-refractivity contribution in [2.24, 2.45) is 5.41 Å². The first-order chi connectivity index (χ1) is 8.90. The first-order valence-corrected chi connectivity index (χ1v) is 6.63. The van der Waals surface area contributed by atoms with E-state index in [-0.39, 0.29) is 11.5 Å². The van der Waals surface area contributed by atoms with E-state index >= 15 is 0 Å². The molecule has 1 spiro atoms. The predicted octanol–water partition coefficient (Wildman–Crippen LogP) is 2.16. The van der Waals surface area contributed by atoms with Crippen LogP contribution in [-0.2, 0) is 4.74 Å². The predicted molar refractivity (Wildman–Crippen MR) is 69.7 cm³/mol. The van der Waals surface area contributed by atoms with Crippen LogP contribution >= 0.6 is 0 Å². The second-order valence-electron chi connectivity index (χ2n) is 6.57. The SMILES string of the molecule is CC(C)(C)OC(=O)N1CC2(CNC2c2ccoc2)C1. The lowest BCUT2D eigenvalue weighted by Gasteiger charge is -2.60. The van der Waals surface area contributed by atoms with Crippen LogP contribution in [-0.4, -0.2) is 36.2 Å². The van der Waals surface area contributed by atoms with Crippen LogP contribution in [0.25, 0.3) is 0 Å². The lowest BCUT2D eigenvalue weighted by molar-refractivity contribution is -0.0855. The van der Waals surface area contributed by atoms with Gasteiger partial charge in [-0.25, -0.2) is 4.79 Å². The first kappa shape index (κ1) is 12.5. The highest BCUT2D eigenvalue weighted by Crippen LogP contribution is 2.48. The molecule has 1 aromatic rings. The molecular formula is C14H20N2O3. The van der Waals surface area contributed by atoms with Gasteiger partial charge in [-0.3, -0.25) is 0 Å². The summed E-state index contributed by atoms with van der Waals surface area (Å²) >= 11 is 0. The van der Waals surface area contributed by atoms with Crippen LogP contribution in [0.3, 0.4) is 0 Å². The number of ether oxygens (including phenoxy) is 1. The van der Waals surface area contributed by atoms with Crippen LogP contribution in [0.5, 0.6) is 0 Å². The Hall–Kier alpha value is -1.49. The number of nitrogens with zero attached hydrogens (tertiary/aromatic N) is 1. The van der Waals surface area contributed by atoms with Crippen LogP contribution in [0.2, 0.25) is 0 Å². The number of nitrogens with one attached hydrogen (secondary N) is 1. The van der Waals surface area contributed by atoms with Crippen molar-refractivity contribution in [1.29, 1.82) is 0 Å². The average Bonchev–Trinajstić information content (AvgIpc) is 2.63. The van der Waals surface area contributed by atoms with E-state index in [1.54, 1.807) is 17.4 Å². The normalized spacial score (nSPS) is 24.8. The van der Waals surface area contributed by atoms with Crippen LogP contribution < -0.4 is 5.32 Å². The molecule has 1 atom stereocenters. The highest BCUT2D eigenvalue weighted by atomic mass is 16.6. The van der Waals surface area contributed by atoms with Crippen LogP contribution in [0.4, 0.5) is 4.79 Å². The van der Waals surface area contributed by atoms with Gasteiger partial charge in [0.2, 0.25) is 0 Å². The number of furan rings is 1. The summed E-state index contributed by atoms with van der Waals surface area (Å²) in [5.74, 6) is 0. The van der Waals surface area contributed by atoms with Crippen LogP contribution in [0.15, 0.2) is 23.0 Å². The molecule has 2 aliphatic heterocycles. The van der Waals surface area contributed by atoms with Gasteiger partial charge in [-0.1, -0.05) is 0 Å². The summed E-state index contributed by atoms with van der Waals surface area (Å²) in [6.07, 6.45) is 3.25. The van der Waals surface area contributed by atoms with Crippen molar-refractivity contribution < 1.29 is 13.9 Å². The minimum atomic E-state index is -0.429. The second-order valence-corrected chi connectivity index (χ2v) is 6.57. The Morgan fingerprint density at radius 3 is 2.74 bits per heavy atom. The Balaban J connectivity index is 1.59. The molecule has 1 aromatic heterocycles. The smallest absolute Gasteiger partial charge is 0.410 e. The highest BCUT2D eigenvalue weighted by Gasteiger charge is 2.57. The molecule has 0 saturated carbocycles. The maximum absolute atomic E-state index is 11.9. The molecule has 0 bridgehead atoms. The number of hydrogen-bond acceptors (Lipinski definition) is 4. The third-order valence-corrected chi connectivity index (χ3v) is 3.81. The van der Waals surface area contributed by atoms with E-state index < -0.39 is 5.60 Å². The molecule has 2 aliphatic rings. The Kier molecular flexibility index (Phi) is 2.64. The topological polar surface area (TPSA) is 54.7 Å². The number of amides is 1. The van der Waals surface area contributed by atoms with Gasteiger partial charge < -0.3 is 19.4 Å². The molecule has 5 heteroatoms. The van der Waals surface area contributed by atoms with Crippen molar-refractivity contribution in [3.05, 3.63) is 24.2 Å². The van der Waals surface area contributed by atoms with Crippen molar-refractivity contribution in [2.45, 2.75) is 32.4 Å². The molecule has 2 saturated heterocycles. The lowest BCUT2D eigenvalue weighted by atomic mass is 9.66. The van der Waals surface area contributed by atoms with Gasteiger partial charge in [-0.2, -0.15) is 0 Å². The van der Waals surface area contributed by atoms with E-state index in [1.165, 1.54) is 0 Å². The number of carbonyl (C=O) groups is 1. The summed E-state index contributed by atoms with van der Waals surface area (Å²) in [6, 6.07) is 2.28. The maximum Gasteiger partial charge on any atom is 0.410 e. The highest BCUT2D eigenvalue weighted by molar-refractivity contribution is 5.69. The lowest BCUT2D eigenvalue weighted by Crippen LogP contribution is -2.73. The summed E-state index contributed by atoms with van der Waals surface area (Å²) in [5, 5.41) is 3.41. The van der Waals surface area contributed by atoms with Gasteiger partial charge in [-0.15, -0.1) is 0 Å². The molecule has 1 unspecified atom stereocenters. The van der Waals surface area contributed by atoms with Crippen molar-refractivity contribution in [3.63, 3.8) is 0 Å². The summed E-state index contributed by atoms with van der Waals surface area (Å²) in [6.45, 7) is 8.12. The van der Waals surface area contributed by atoms with Gasteiger partial charge in [0.1, 0.15) is 5.60 Å². The fourth-order valence-electron chi connectivity index (χ4n) is 2.87. The molecule has 3 rings (SSSR count). The monoisotopic (exact) mass is 264 g/mol. The summed E-state index contributed by atoms with van der Waals surface area (Å²) in [7, 11) is 0. The molecule has 0 aliphatic carbocycles. The Bertz CT molecular complexity index is 469. The van der Waals surface area contributed by atoms with Crippen molar-refractivity contribution in [3.8, 4) is 0 Å². The third-order valence-electron chi connectivity index (χ3n) is 3.81. The van der Waals surface area contributed by atoms with Crippen LogP contribution in [0, 0.1) is 5.41 Å². The first-order valence-electron chi connectivity index (χ1n) is 6.63. The molecule has 104 valence electrons. The van der Waals surface area contributed by atoms with Gasteiger partial charge in [0, 0.05) is 36.7 Å². The molecule has 0 aromatic carbocycles. The Labute approximate surface area is 112 Å². The summed E-state index contributed by atoms with van der Waals surface area (Å²) in [4.78, 5) is 13.7. The second kappa shape index (κ2) is 4.00. The quantitative estimate of drug-likeness (QED) is 0.844. The molecular weight excluding hydrogens is 244 g/mol. The Morgan fingerprint density at radius 1 is 1.53 bits per heavy atom. The summed E-state index contributed by atoms with van der Waals surface area (Å²) in [5.41, 5.74) is 0.901. The van der Waals surface area contributed by atoms with E-state index in [4.69, 9.17) is 9.15 Å². The zero-order valence-electron chi connectivity index (χ0n) is 11.6. The molecule has 19 heavy (non-hydrogen) atoms. The van der Waals surface area contributed by atoms with Gasteiger partial charge in [0.15, 0.2) is 0 Å². The minimum Gasteiger partial charge on any atom is -0.472 e. The largest absolute Gasteiger partial charge is 0.472 e. The Morgan fingerprint density at radius 2 is 2.26 bits per heavy atom. The fraction of sp³-hybridized carbons (Fsp3) is 0.643. The van der Waals surface area contributed by atoms with Gasteiger partial charge in [0.05, 0.1) is 12.5 Å². The molecule has 5 nitrogen and oxygen atoms in total. The van der Waals surface area contributed by atoms with E-state index in [0.29, 0.717) is 6.04 Å². The molecule has 3 heterocycles. The van der Waals surface area contributed by atoms with Crippen molar-refractivity contribution in [1.82, 2.24) is 10.2 Å². The number of rotatable bonds is 1. The van der Waals surface area contributed by atoms with Crippen molar-refractivity contribution in [2.75, 3.05) is 19.6 Å². The maximum atomic E-state index is 11.9. The van der Waals surface area contributed by atoms with Crippen molar-refractivity contribution >= 4 is 6.09 Å². The molecule has 0 radical (unpaired) electrons. The van der Waals surface area contributed by atoms with Gasteiger partial charge >= 0.3 is 6.09 Å². The number of hydrogen-bond donors (Lipinski definition) is 1. The standard InChI is InChI=1S/C14H20N2O3/c1-13(2,3)19-12(17)16-8-14(9-16)7-15-11(14)10-4-5-18-6-10/h4-6,11,15H,7-9H2,1-3H3. The molecule has 1 amide bonds. The zero-order valence-corrected chi connectivity index (χ0v) is 11.6. The minimum absolute atomic E-state index is 0.167. The van der Waals surface area contributed by atoms with Gasteiger partial charge in [0.25, 0.3) is 0 Å². The van der Waals surface area contributed by atoms with E-state index in [2.05, 4.69) is 5.32 Å². The fourth-order valence-corrected chi connectivity index (χ4v) is 2.87. The van der Waals surface area contributed by atoms with E-state index in [0.717, 1.165) is 25.2 Å². The third kappa shape index (κ3) is 2.12. The van der Waals surface area contributed by atoms with Gasteiger partial charge in [-0.05, 0) is 26.8 Å². The molecule has 2 fully saturated rings. The zero-order chi connectivity index (χ0) is 13.7. The van der Waals surface area contributed by atoms with Crippen LogP contribution in [0.1, 0.15) is 32.4 Å². The average molecular weight is 264 g/mol. The number of likely N-dealkylation sites (tertiary alicyclic amines) is 1. The molecule has 1 N–H and O–H groups in total. The summed E-state index contributed by atoms with van der Waals surface area (Å²) < 4.78 is 10.5.